The first-order valence-corrected chi connectivity index (χ1v) is 6.39. The molecule has 0 radical (unpaired) electrons. The molecule has 0 aliphatic carbocycles. The summed E-state index contributed by atoms with van der Waals surface area (Å²) < 4.78 is 4.80. The zero-order valence-electron chi connectivity index (χ0n) is 11.9. The molecule has 0 bridgehead atoms. The number of hydrazone groups is 1. The van der Waals surface area contributed by atoms with Crippen molar-refractivity contribution in [3.63, 3.8) is 0 Å². The Kier molecular flexibility index (Phi) is 7.20. The molecule has 2 N–H and O–H groups in total. The van der Waals surface area contributed by atoms with Crippen molar-refractivity contribution in [2.75, 3.05) is 20.3 Å². The minimum atomic E-state index is -0.893. The molecule has 0 spiro atoms. The first-order chi connectivity index (χ1) is 10.5. The fourth-order valence-electron chi connectivity index (χ4n) is 1.40. The van der Waals surface area contributed by atoms with E-state index in [2.05, 4.69) is 15.8 Å². The van der Waals surface area contributed by atoms with E-state index in [0.29, 0.717) is 25.1 Å². The van der Waals surface area contributed by atoms with Crippen LogP contribution in [0.4, 0.5) is 5.69 Å². The number of nitro groups is 1. The highest BCUT2D eigenvalue weighted by Crippen LogP contribution is 2.10. The van der Waals surface area contributed by atoms with Crippen molar-refractivity contribution < 1.29 is 19.2 Å². The van der Waals surface area contributed by atoms with Gasteiger partial charge in [-0.15, -0.1) is 0 Å². The van der Waals surface area contributed by atoms with Crippen LogP contribution >= 0.6 is 0 Å². The number of nitrogens with one attached hydrogen (secondary N) is 2. The van der Waals surface area contributed by atoms with E-state index in [-0.39, 0.29) is 5.69 Å². The van der Waals surface area contributed by atoms with Crippen molar-refractivity contribution in [3.05, 3.63) is 39.9 Å². The number of carbonyl (C=O) groups excluding carboxylic acids is 2. The number of hydrogen-bond acceptors (Lipinski definition) is 6. The maximum absolute atomic E-state index is 11.4. The van der Waals surface area contributed by atoms with Crippen LogP contribution in [-0.4, -0.2) is 43.2 Å². The van der Waals surface area contributed by atoms with Gasteiger partial charge in [0.15, 0.2) is 0 Å². The lowest BCUT2D eigenvalue weighted by Gasteiger charge is -2.03. The number of ether oxygens (including phenoxy) is 1. The second kappa shape index (κ2) is 9.19. The smallest absolute Gasteiger partial charge is 0.329 e. The Morgan fingerprint density at radius 1 is 1.32 bits per heavy atom. The summed E-state index contributed by atoms with van der Waals surface area (Å²) in [6.07, 6.45) is 1.88. The second-order valence-corrected chi connectivity index (χ2v) is 4.15. The first-order valence-electron chi connectivity index (χ1n) is 6.39. The standard InChI is InChI=1S/C13H16N4O5/c1-22-8-2-7-14-12(18)13(19)16-15-9-10-3-5-11(6-4-10)17(20)21/h3-6,9H,2,7-8H2,1H3,(H,14,18)(H,16,19)/b15-9-. The van der Waals surface area contributed by atoms with Crippen LogP contribution in [0.1, 0.15) is 12.0 Å². The molecule has 1 aromatic rings. The number of non-ortho nitro benzene ring substituents is 1. The van der Waals surface area contributed by atoms with Crippen molar-refractivity contribution in [2.45, 2.75) is 6.42 Å². The van der Waals surface area contributed by atoms with Gasteiger partial charge in [-0.05, 0) is 24.1 Å². The average molecular weight is 308 g/mol. The molecule has 0 atom stereocenters. The third-order valence-electron chi connectivity index (χ3n) is 2.50. The van der Waals surface area contributed by atoms with Crippen molar-refractivity contribution in [3.8, 4) is 0 Å². The Labute approximate surface area is 126 Å². The normalized spacial score (nSPS) is 10.4. The molecule has 0 aliphatic rings. The highest BCUT2D eigenvalue weighted by Gasteiger charge is 2.11. The number of rotatable bonds is 7. The highest BCUT2D eigenvalue weighted by molar-refractivity contribution is 6.35. The molecular formula is C13H16N4O5. The molecule has 9 heteroatoms. The number of nitro benzene ring substituents is 1. The van der Waals surface area contributed by atoms with E-state index in [9.17, 15) is 19.7 Å². The second-order valence-electron chi connectivity index (χ2n) is 4.15. The van der Waals surface area contributed by atoms with E-state index >= 15 is 0 Å². The van der Waals surface area contributed by atoms with Crippen LogP contribution in [0.25, 0.3) is 0 Å². The van der Waals surface area contributed by atoms with Gasteiger partial charge in [0, 0.05) is 32.4 Å². The Balaban J connectivity index is 2.39. The summed E-state index contributed by atoms with van der Waals surface area (Å²) in [4.78, 5) is 32.7. The van der Waals surface area contributed by atoms with Gasteiger partial charge in [-0.1, -0.05) is 0 Å². The monoisotopic (exact) mass is 308 g/mol. The van der Waals surface area contributed by atoms with E-state index in [1.165, 1.54) is 30.5 Å². The van der Waals surface area contributed by atoms with Gasteiger partial charge in [0.1, 0.15) is 0 Å². The van der Waals surface area contributed by atoms with Crippen molar-refractivity contribution in [2.24, 2.45) is 5.10 Å². The summed E-state index contributed by atoms with van der Waals surface area (Å²) in [6.45, 7) is 0.812. The number of nitrogens with zero attached hydrogens (tertiary/aromatic N) is 2. The summed E-state index contributed by atoms with van der Waals surface area (Å²) in [7, 11) is 1.54. The van der Waals surface area contributed by atoms with E-state index in [0.717, 1.165) is 0 Å². The third-order valence-corrected chi connectivity index (χ3v) is 2.50. The molecule has 1 rings (SSSR count). The van der Waals surface area contributed by atoms with Gasteiger partial charge >= 0.3 is 11.8 Å². The van der Waals surface area contributed by atoms with Crippen molar-refractivity contribution in [1.29, 1.82) is 0 Å². The number of methoxy groups -OCH3 is 1. The Morgan fingerprint density at radius 2 is 2.00 bits per heavy atom. The van der Waals surface area contributed by atoms with E-state index in [1.807, 2.05) is 0 Å². The van der Waals surface area contributed by atoms with Crippen LogP contribution in [0.3, 0.4) is 0 Å². The molecule has 2 amide bonds. The number of benzene rings is 1. The molecule has 22 heavy (non-hydrogen) atoms. The zero-order valence-corrected chi connectivity index (χ0v) is 11.9. The van der Waals surface area contributed by atoms with E-state index in [1.54, 1.807) is 7.11 Å². The molecule has 0 aromatic heterocycles. The predicted molar refractivity (Wildman–Crippen MR) is 78.3 cm³/mol. The Bertz CT molecular complexity index is 556. The molecule has 9 nitrogen and oxygen atoms in total. The van der Waals surface area contributed by atoms with Gasteiger partial charge < -0.3 is 10.1 Å². The van der Waals surface area contributed by atoms with Gasteiger partial charge in [-0.3, -0.25) is 19.7 Å². The summed E-state index contributed by atoms with van der Waals surface area (Å²) in [5.41, 5.74) is 2.57. The quantitative estimate of drug-likeness (QED) is 0.245. The van der Waals surface area contributed by atoms with Crippen LogP contribution in [0.2, 0.25) is 0 Å². The summed E-state index contributed by atoms with van der Waals surface area (Å²) in [5, 5.41) is 16.5. The summed E-state index contributed by atoms with van der Waals surface area (Å²) >= 11 is 0. The topological polar surface area (TPSA) is 123 Å². The zero-order chi connectivity index (χ0) is 16.4. The molecule has 1 aromatic carbocycles. The maximum Gasteiger partial charge on any atom is 0.329 e. The minimum Gasteiger partial charge on any atom is -0.385 e. The summed E-state index contributed by atoms with van der Waals surface area (Å²) in [6, 6.07) is 5.56. The Morgan fingerprint density at radius 3 is 2.59 bits per heavy atom. The van der Waals surface area contributed by atoms with Crippen molar-refractivity contribution in [1.82, 2.24) is 10.7 Å². The fraction of sp³-hybridized carbons (Fsp3) is 0.308. The lowest BCUT2D eigenvalue weighted by Crippen LogP contribution is -2.38. The van der Waals surface area contributed by atoms with Crippen LogP contribution in [0.15, 0.2) is 29.4 Å². The van der Waals surface area contributed by atoms with E-state index in [4.69, 9.17) is 4.74 Å². The molecule has 0 unspecified atom stereocenters. The molecule has 0 saturated heterocycles. The van der Waals surface area contributed by atoms with Crippen molar-refractivity contribution >= 4 is 23.7 Å². The Hall–Kier alpha value is -2.81. The molecule has 0 aliphatic heterocycles. The SMILES string of the molecule is COCCCNC(=O)C(=O)N/N=C\c1ccc([N+](=O)[O-])cc1. The molecule has 118 valence electrons. The lowest BCUT2D eigenvalue weighted by molar-refractivity contribution is -0.384. The van der Waals surface area contributed by atoms with Crippen LogP contribution < -0.4 is 10.7 Å². The lowest BCUT2D eigenvalue weighted by atomic mass is 10.2. The van der Waals surface area contributed by atoms with Gasteiger partial charge in [0.2, 0.25) is 0 Å². The number of hydrogen-bond donors (Lipinski definition) is 2. The average Bonchev–Trinajstić information content (AvgIpc) is 2.51. The predicted octanol–water partition coefficient (Wildman–Crippen LogP) is 0.198. The van der Waals surface area contributed by atoms with Gasteiger partial charge in [-0.25, -0.2) is 5.43 Å². The fourth-order valence-corrected chi connectivity index (χ4v) is 1.40. The van der Waals surface area contributed by atoms with Crippen LogP contribution in [0, 0.1) is 10.1 Å². The molecular weight excluding hydrogens is 292 g/mol. The first kappa shape index (κ1) is 17.2. The van der Waals surface area contributed by atoms with Crippen LogP contribution in [0.5, 0.6) is 0 Å². The molecule has 0 heterocycles. The molecule has 0 fully saturated rings. The largest absolute Gasteiger partial charge is 0.385 e. The number of carbonyl (C=O) groups is 2. The van der Waals surface area contributed by atoms with Gasteiger partial charge in [0.25, 0.3) is 5.69 Å². The minimum absolute atomic E-state index is 0.0448. The number of amides is 2. The highest BCUT2D eigenvalue weighted by atomic mass is 16.6. The van der Waals surface area contributed by atoms with Gasteiger partial charge in [0.05, 0.1) is 11.1 Å². The van der Waals surface area contributed by atoms with Crippen LogP contribution in [-0.2, 0) is 14.3 Å². The van der Waals surface area contributed by atoms with E-state index < -0.39 is 16.7 Å². The summed E-state index contributed by atoms with van der Waals surface area (Å²) in [5.74, 6) is -1.69. The maximum atomic E-state index is 11.4. The third kappa shape index (κ3) is 6.09. The molecule has 0 saturated carbocycles. The van der Waals surface area contributed by atoms with Gasteiger partial charge in [-0.2, -0.15) is 5.10 Å².